The van der Waals surface area contributed by atoms with Gasteiger partial charge < -0.3 is 15.6 Å². The lowest BCUT2D eigenvalue weighted by Crippen LogP contribution is -1.98. The van der Waals surface area contributed by atoms with E-state index in [1.54, 1.807) is 6.20 Å². The molecule has 0 unspecified atom stereocenters. The molecule has 0 atom stereocenters. The molecule has 0 aliphatic heterocycles. The van der Waals surface area contributed by atoms with Crippen LogP contribution in [0.5, 0.6) is 5.75 Å². The predicted molar refractivity (Wildman–Crippen MR) is 82.9 cm³/mol. The van der Waals surface area contributed by atoms with Crippen molar-refractivity contribution in [3.05, 3.63) is 65.9 Å². The van der Waals surface area contributed by atoms with Crippen LogP contribution in [0.25, 0.3) is 10.9 Å². The van der Waals surface area contributed by atoms with Crippen molar-refractivity contribution in [3.8, 4) is 5.75 Å². The maximum Gasteiger partial charge on any atom is 0.146 e. The van der Waals surface area contributed by atoms with Gasteiger partial charge in [0.1, 0.15) is 17.9 Å². The lowest BCUT2D eigenvalue weighted by molar-refractivity contribution is 0.281. The lowest BCUT2D eigenvalue weighted by Gasteiger charge is -2.10. The average Bonchev–Trinajstić information content (AvgIpc) is 2.55. The van der Waals surface area contributed by atoms with Gasteiger partial charge in [0.2, 0.25) is 0 Å². The van der Waals surface area contributed by atoms with E-state index in [1.807, 2.05) is 48.5 Å². The van der Waals surface area contributed by atoms with E-state index in [9.17, 15) is 0 Å². The number of benzene rings is 2. The minimum absolute atomic E-state index is 0.0493. The lowest BCUT2D eigenvalue weighted by atomic mass is 10.1. The number of anilines is 1. The monoisotopic (exact) mass is 280 g/mol. The van der Waals surface area contributed by atoms with Crippen molar-refractivity contribution in [2.75, 3.05) is 5.73 Å². The molecule has 3 rings (SSSR count). The summed E-state index contributed by atoms with van der Waals surface area (Å²) in [6.45, 7) is 0.495. The van der Waals surface area contributed by atoms with Gasteiger partial charge in [-0.15, -0.1) is 0 Å². The largest absolute Gasteiger partial charge is 0.487 e. The molecule has 0 saturated carbocycles. The predicted octanol–water partition coefficient (Wildman–Crippen LogP) is 2.89. The van der Waals surface area contributed by atoms with Gasteiger partial charge in [-0.05, 0) is 35.4 Å². The third kappa shape index (κ3) is 2.80. The van der Waals surface area contributed by atoms with Gasteiger partial charge in [0.05, 0.1) is 6.61 Å². The molecule has 106 valence electrons. The Kier molecular flexibility index (Phi) is 3.71. The number of ether oxygens (including phenoxy) is 1. The molecule has 4 nitrogen and oxygen atoms in total. The molecule has 1 aromatic heterocycles. The van der Waals surface area contributed by atoms with Crippen molar-refractivity contribution in [1.29, 1.82) is 0 Å². The second kappa shape index (κ2) is 5.81. The second-order valence-corrected chi connectivity index (χ2v) is 4.82. The smallest absolute Gasteiger partial charge is 0.146 e. The first kappa shape index (κ1) is 13.4. The number of pyridine rings is 1. The Bertz CT molecular complexity index is 754. The summed E-state index contributed by atoms with van der Waals surface area (Å²) in [5.74, 6) is 0.714. The summed E-state index contributed by atoms with van der Waals surface area (Å²) in [4.78, 5) is 4.34. The standard InChI is InChI=1S/C17H16N2O2/c18-15-7-8-16(17-14(15)2-1-9-19-17)21-11-13-5-3-12(10-20)4-6-13/h1-9,20H,10-11,18H2. The highest BCUT2D eigenvalue weighted by atomic mass is 16.5. The fourth-order valence-electron chi connectivity index (χ4n) is 2.19. The number of hydrogen-bond acceptors (Lipinski definition) is 4. The molecular weight excluding hydrogens is 264 g/mol. The van der Waals surface area contributed by atoms with Crippen molar-refractivity contribution in [1.82, 2.24) is 4.98 Å². The van der Waals surface area contributed by atoms with E-state index < -0.39 is 0 Å². The number of aliphatic hydroxyl groups excluding tert-OH is 1. The number of nitrogens with zero attached hydrogens (tertiary/aromatic N) is 1. The van der Waals surface area contributed by atoms with E-state index in [-0.39, 0.29) is 6.61 Å². The summed E-state index contributed by atoms with van der Waals surface area (Å²) in [7, 11) is 0. The first-order valence-corrected chi connectivity index (χ1v) is 6.72. The van der Waals surface area contributed by atoms with E-state index in [2.05, 4.69) is 4.98 Å². The Labute approximate surface area is 122 Å². The van der Waals surface area contributed by atoms with Gasteiger partial charge in [0.25, 0.3) is 0 Å². The molecule has 0 saturated heterocycles. The summed E-state index contributed by atoms with van der Waals surface area (Å²) < 4.78 is 5.85. The Morgan fingerprint density at radius 1 is 1.00 bits per heavy atom. The fourth-order valence-corrected chi connectivity index (χ4v) is 2.19. The topological polar surface area (TPSA) is 68.4 Å². The minimum atomic E-state index is 0.0493. The highest BCUT2D eigenvalue weighted by Gasteiger charge is 2.06. The first-order chi connectivity index (χ1) is 10.3. The van der Waals surface area contributed by atoms with Crippen LogP contribution < -0.4 is 10.5 Å². The maximum atomic E-state index is 9.03. The third-order valence-electron chi connectivity index (χ3n) is 3.37. The zero-order valence-electron chi connectivity index (χ0n) is 11.5. The van der Waals surface area contributed by atoms with Crippen LogP contribution in [0, 0.1) is 0 Å². The SMILES string of the molecule is Nc1ccc(OCc2ccc(CO)cc2)c2ncccc12. The zero-order chi connectivity index (χ0) is 14.7. The van der Waals surface area contributed by atoms with Crippen LogP contribution in [0.4, 0.5) is 5.69 Å². The van der Waals surface area contributed by atoms with Crippen molar-refractivity contribution in [2.24, 2.45) is 0 Å². The van der Waals surface area contributed by atoms with Crippen LogP contribution in [-0.4, -0.2) is 10.1 Å². The second-order valence-electron chi connectivity index (χ2n) is 4.82. The average molecular weight is 280 g/mol. The zero-order valence-corrected chi connectivity index (χ0v) is 11.5. The van der Waals surface area contributed by atoms with Gasteiger partial charge >= 0.3 is 0 Å². The molecule has 0 radical (unpaired) electrons. The van der Waals surface area contributed by atoms with Crippen LogP contribution in [0.2, 0.25) is 0 Å². The molecular formula is C17H16N2O2. The van der Waals surface area contributed by atoms with Crippen molar-refractivity contribution < 1.29 is 9.84 Å². The Morgan fingerprint density at radius 3 is 2.52 bits per heavy atom. The molecule has 21 heavy (non-hydrogen) atoms. The quantitative estimate of drug-likeness (QED) is 0.721. The van der Waals surface area contributed by atoms with Crippen LogP contribution in [0.3, 0.4) is 0 Å². The molecule has 4 heteroatoms. The summed E-state index contributed by atoms with van der Waals surface area (Å²) in [6.07, 6.45) is 1.73. The van der Waals surface area contributed by atoms with Gasteiger partial charge in [-0.1, -0.05) is 24.3 Å². The number of fused-ring (bicyclic) bond motifs is 1. The maximum absolute atomic E-state index is 9.03. The van der Waals surface area contributed by atoms with E-state index >= 15 is 0 Å². The Balaban J connectivity index is 1.83. The Hall–Kier alpha value is -2.59. The number of aliphatic hydroxyl groups is 1. The molecule has 1 heterocycles. The van der Waals surface area contributed by atoms with E-state index in [0.29, 0.717) is 18.0 Å². The summed E-state index contributed by atoms with van der Waals surface area (Å²) in [5, 5.41) is 9.92. The molecule has 0 amide bonds. The van der Waals surface area contributed by atoms with Gasteiger partial charge in [0, 0.05) is 17.3 Å². The number of nitrogen functional groups attached to an aromatic ring is 1. The van der Waals surface area contributed by atoms with Gasteiger partial charge in [-0.25, -0.2) is 0 Å². The molecule has 0 spiro atoms. The number of hydrogen-bond donors (Lipinski definition) is 2. The van der Waals surface area contributed by atoms with E-state index in [1.165, 1.54) is 0 Å². The molecule has 0 aliphatic carbocycles. The van der Waals surface area contributed by atoms with Crippen LogP contribution in [0.1, 0.15) is 11.1 Å². The van der Waals surface area contributed by atoms with Gasteiger partial charge in [-0.3, -0.25) is 4.98 Å². The van der Waals surface area contributed by atoms with Crippen molar-refractivity contribution in [3.63, 3.8) is 0 Å². The third-order valence-corrected chi connectivity index (χ3v) is 3.37. The minimum Gasteiger partial charge on any atom is -0.487 e. The number of rotatable bonds is 4. The normalized spacial score (nSPS) is 10.7. The first-order valence-electron chi connectivity index (χ1n) is 6.72. The van der Waals surface area contributed by atoms with Crippen LogP contribution in [0.15, 0.2) is 54.7 Å². The number of aromatic nitrogens is 1. The van der Waals surface area contributed by atoms with E-state index in [0.717, 1.165) is 22.0 Å². The van der Waals surface area contributed by atoms with Crippen molar-refractivity contribution >= 4 is 16.6 Å². The Morgan fingerprint density at radius 2 is 1.76 bits per heavy atom. The molecule has 3 N–H and O–H groups in total. The van der Waals surface area contributed by atoms with Gasteiger partial charge in [-0.2, -0.15) is 0 Å². The summed E-state index contributed by atoms with van der Waals surface area (Å²) in [5.41, 5.74) is 9.33. The highest BCUT2D eigenvalue weighted by Crippen LogP contribution is 2.28. The molecule has 0 aliphatic rings. The van der Waals surface area contributed by atoms with Crippen LogP contribution >= 0.6 is 0 Å². The summed E-state index contributed by atoms with van der Waals surface area (Å²) >= 11 is 0. The van der Waals surface area contributed by atoms with E-state index in [4.69, 9.17) is 15.6 Å². The number of nitrogens with two attached hydrogens (primary N) is 1. The van der Waals surface area contributed by atoms with Crippen LogP contribution in [-0.2, 0) is 13.2 Å². The molecule has 0 bridgehead atoms. The van der Waals surface area contributed by atoms with Gasteiger partial charge in [0.15, 0.2) is 0 Å². The summed E-state index contributed by atoms with van der Waals surface area (Å²) in [6, 6.07) is 15.1. The fraction of sp³-hybridized carbons (Fsp3) is 0.118. The molecule has 2 aromatic carbocycles. The van der Waals surface area contributed by atoms with Crippen molar-refractivity contribution in [2.45, 2.75) is 13.2 Å². The molecule has 0 fully saturated rings. The molecule has 3 aromatic rings. The highest BCUT2D eigenvalue weighted by molar-refractivity contribution is 5.94.